The molecule has 1 aromatic carbocycles. The lowest BCUT2D eigenvalue weighted by Gasteiger charge is -2.35. The number of amides is 1. The fourth-order valence-electron chi connectivity index (χ4n) is 1.50. The third-order valence-electron chi connectivity index (χ3n) is 2.44. The van der Waals surface area contributed by atoms with Crippen molar-refractivity contribution in [3.05, 3.63) is 34.3 Å². The molecule has 1 aromatic rings. The number of halogens is 1. The standard InChI is InChI=1S/C11H9BrN2O/c12-10-3-1-9(2-4-10)11(15)14-6-8(5-13)7-14/h1-4,8H,6-7H2. The molecule has 1 fully saturated rings. The average molecular weight is 265 g/mol. The van der Waals surface area contributed by atoms with Crippen LogP contribution < -0.4 is 0 Å². The number of carbonyl (C=O) groups excluding carboxylic acids is 1. The van der Waals surface area contributed by atoms with E-state index in [9.17, 15) is 4.79 Å². The highest BCUT2D eigenvalue weighted by molar-refractivity contribution is 9.10. The molecule has 0 bridgehead atoms. The van der Waals surface area contributed by atoms with Crippen molar-refractivity contribution in [1.29, 1.82) is 5.26 Å². The summed E-state index contributed by atoms with van der Waals surface area (Å²) in [6.45, 7) is 1.12. The highest BCUT2D eigenvalue weighted by Crippen LogP contribution is 2.19. The lowest BCUT2D eigenvalue weighted by molar-refractivity contribution is 0.0577. The van der Waals surface area contributed by atoms with Crippen molar-refractivity contribution in [3.8, 4) is 6.07 Å². The molecule has 1 heterocycles. The predicted molar refractivity (Wildman–Crippen MR) is 59.1 cm³/mol. The summed E-state index contributed by atoms with van der Waals surface area (Å²) in [4.78, 5) is 13.5. The minimum Gasteiger partial charge on any atom is -0.336 e. The lowest BCUT2D eigenvalue weighted by Crippen LogP contribution is -2.49. The van der Waals surface area contributed by atoms with Crippen LogP contribution in [0.2, 0.25) is 0 Å². The van der Waals surface area contributed by atoms with Gasteiger partial charge in [-0.2, -0.15) is 5.26 Å². The second-order valence-corrected chi connectivity index (χ2v) is 4.46. The Hall–Kier alpha value is -1.34. The number of nitriles is 1. The summed E-state index contributed by atoms with van der Waals surface area (Å²) in [6, 6.07) is 9.40. The molecule has 1 saturated heterocycles. The van der Waals surface area contributed by atoms with Gasteiger partial charge in [-0.05, 0) is 24.3 Å². The molecule has 0 N–H and O–H groups in total. The first-order valence-electron chi connectivity index (χ1n) is 4.65. The molecule has 0 aliphatic carbocycles. The van der Waals surface area contributed by atoms with E-state index in [0.29, 0.717) is 18.7 Å². The Bertz CT molecular complexity index is 415. The monoisotopic (exact) mass is 264 g/mol. The van der Waals surface area contributed by atoms with Crippen LogP contribution in [0.5, 0.6) is 0 Å². The van der Waals surface area contributed by atoms with Crippen molar-refractivity contribution < 1.29 is 4.79 Å². The lowest BCUT2D eigenvalue weighted by atomic mass is 10.0. The zero-order valence-corrected chi connectivity index (χ0v) is 9.57. The van der Waals surface area contributed by atoms with Gasteiger partial charge in [0.05, 0.1) is 12.0 Å². The average Bonchev–Trinajstić information content (AvgIpc) is 2.17. The van der Waals surface area contributed by atoms with E-state index in [-0.39, 0.29) is 11.8 Å². The van der Waals surface area contributed by atoms with Gasteiger partial charge in [-0.25, -0.2) is 0 Å². The van der Waals surface area contributed by atoms with Crippen LogP contribution in [0.3, 0.4) is 0 Å². The summed E-state index contributed by atoms with van der Waals surface area (Å²) in [6.07, 6.45) is 0. The normalized spacial score (nSPS) is 15.6. The molecule has 0 radical (unpaired) electrons. The van der Waals surface area contributed by atoms with Crippen molar-refractivity contribution >= 4 is 21.8 Å². The Morgan fingerprint density at radius 1 is 1.40 bits per heavy atom. The fourth-order valence-corrected chi connectivity index (χ4v) is 1.77. The molecule has 15 heavy (non-hydrogen) atoms. The maximum atomic E-state index is 11.8. The Labute approximate surface area is 96.4 Å². The quantitative estimate of drug-likeness (QED) is 0.780. The molecule has 0 saturated carbocycles. The second-order valence-electron chi connectivity index (χ2n) is 3.54. The van der Waals surface area contributed by atoms with Crippen LogP contribution in [0.1, 0.15) is 10.4 Å². The molecule has 0 atom stereocenters. The van der Waals surface area contributed by atoms with Gasteiger partial charge in [0.1, 0.15) is 0 Å². The highest BCUT2D eigenvalue weighted by atomic mass is 79.9. The largest absolute Gasteiger partial charge is 0.336 e. The van der Waals surface area contributed by atoms with Crippen LogP contribution in [0.4, 0.5) is 0 Å². The number of likely N-dealkylation sites (tertiary alicyclic amines) is 1. The summed E-state index contributed by atoms with van der Waals surface area (Å²) < 4.78 is 0.956. The van der Waals surface area contributed by atoms with Gasteiger partial charge in [0, 0.05) is 23.1 Å². The predicted octanol–water partition coefficient (Wildman–Crippen LogP) is 2.04. The van der Waals surface area contributed by atoms with E-state index in [0.717, 1.165) is 4.47 Å². The Morgan fingerprint density at radius 2 is 2.00 bits per heavy atom. The van der Waals surface area contributed by atoms with Crippen LogP contribution in [-0.4, -0.2) is 23.9 Å². The summed E-state index contributed by atoms with van der Waals surface area (Å²) in [5.41, 5.74) is 0.676. The first-order valence-corrected chi connectivity index (χ1v) is 5.44. The van der Waals surface area contributed by atoms with E-state index in [1.54, 1.807) is 17.0 Å². The summed E-state index contributed by atoms with van der Waals surface area (Å²) in [7, 11) is 0. The van der Waals surface area contributed by atoms with E-state index in [1.165, 1.54) is 0 Å². The number of benzene rings is 1. The second kappa shape index (κ2) is 4.03. The Morgan fingerprint density at radius 3 is 2.53 bits per heavy atom. The van der Waals surface area contributed by atoms with Crippen LogP contribution in [0.15, 0.2) is 28.7 Å². The van der Waals surface area contributed by atoms with E-state index in [1.807, 2.05) is 12.1 Å². The van der Waals surface area contributed by atoms with Crippen molar-refractivity contribution in [2.45, 2.75) is 0 Å². The minimum atomic E-state index is 0.00833. The third-order valence-corrected chi connectivity index (χ3v) is 2.97. The third kappa shape index (κ3) is 2.02. The number of rotatable bonds is 1. The topological polar surface area (TPSA) is 44.1 Å². The van der Waals surface area contributed by atoms with Gasteiger partial charge in [-0.15, -0.1) is 0 Å². The molecular weight excluding hydrogens is 256 g/mol. The summed E-state index contributed by atoms with van der Waals surface area (Å²) in [5, 5.41) is 8.60. The van der Waals surface area contributed by atoms with Gasteiger partial charge >= 0.3 is 0 Å². The van der Waals surface area contributed by atoms with Gasteiger partial charge in [-0.1, -0.05) is 15.9 Å². The van der Waals surface area contributed by atoms with Crippen molar-refractivity contribution in [2.75, 3.05) is 13.1 Å². The van der Waals surface area contributed by atoms with Crippen LogP contribution in [-0.2, 0) is 0 Å². The fraction of sp³-hybridized carbons (Fsp3) is 0.273. The van der Waals surface area contributed by atoms with E-state index in [2.05, 4.69) is 22.0 Å². The molecular formula is C11H9BrN2O. The SMILES string of the molecule is N#CC1CN(C(=O)c2ccc(Br)cc2)C1. The van der Waals surface area contributed by atoms with Crippen molar-refractivity contribution in [3.63, 3.8) is 0 Å². The maximum Gasteiger partial charge on any atom is 0.253 e. The summed E-state index contributed by atoms with van der Waals surface area (Å²) in [5.74, 6) is 0.0263. The highest BCUT2D eigenvalue weighted by Gasteiger charge is 2.30. The van der Waals surface area contributed by atoms with Crippen molar-refractivity contribution in [1.82, 2.24) is 4.90 Å². The van der Waals surface area contributed by atoms with Crippen LogP contribution in [0, 0.1) is 17.2 Å². The molecule has 1 aliphatic heterocycles. The Balaban J connectivity index is 2.04. The number of hydrogen-bond acceptors (Lipinski definition) is 2. The van der Waals surface area contributed by atoms with Crippen LogP contribution >= 0.6 is 15.9 Å². The van der Waals surface area contributed by atoms with Gasteiger partial charge in [0.15, 0.2) is 0 Å². The molecule has 3 nitrogen and oxygen atoms in total. The van der Waals surface area contributed by atoms with Gasteiger partial charge < -0.3 is 4.90 Å². The minimum absolute atomic E-state index is 0.00833. The van der Waals surface area contributed by atoms with E-state index in [4.69, 9.17) is 5.26 Å². The molecule has 2 rings (SSSR count). The van der Waals surface area contributed by atoms with Gasteiger partial charge in [-0.3, -0.25) is 4.79 Å². The first-order chi connectivity index (χ1) is 7.20. The van der Waals surface area contributed by atoms with E-state index >= 15 is 0 Å². The number of hydrogen-bond donors (Lipinski definition) is 0. The zero-order chi connectivity index (χ0) is 10.8. The maximum absolute atomic E-state index is 11.8. The molecule has 0 spiro atoms. The van der Waals surface area contributed by atoms with Crippen molar-refractivity contribution in [2.24, 2.45) is 5.92 Å². The molecule has 76 valence electrons. The first kappa shape index (κ1) is 10.2. The number of nitrogens with zero attached hydrogens (tertiary/aromatic N) is 2. The molecule has 0 unspecified atom stereocenters. The number of carbonyl (C=O) groups is 1. The van der Waals surface area contributed by atoms with E-state index < -0.39 is 0 Å². The molecule has 0 aromatic heterocycles. The Kier molecular flexibility index (Phi) is 2.74. The van der Waals surface area contributed by atoms with Gasteiger partial charge in [0.25, 0.3) is 5.91 Å². The molecule has 4 heteroatoms. The molecule has 1 aliphatic rings. The molecule has 1 amide bonds. The smallest absolute Gasteiger partial charge is 0.253 e. The zero-order valence-electron chi connectivity index (χ0n) is 7.98. The summed E-state index contributed by atoms with van der Waals surface area (Å²) >= 11 is 3.32. The van der Waals surface area contributed by atoms with Gasteiger partial charge in [0.2, 0.25) is 0 Å². The van der Waals surface area contributed by atoms with Crippen LogP contribution in [0.25, 0.3) is 0 Å².